The van der Waals surface area contributed by atoms with Gasteiger partial charge in [0.1, 0.15) is 0 Å². The minimum Gasteiger partial charge on any atom is -0.503 e. The maximum absolute atomic E-state index is 9.82. The first-order valence-electron chi connectivity index (χ1n) is 2.83. The second kappa shape index (κ2) is 8.05. The van der Waals surface area contributed by atoms with Crippen LogP contribution in [0.5, 0.6) is 0 Å². The van der Waals surface area contributed by atoms with Crippen molar-refractivity contribution in [2.24, 2.45) is 0 Å². The maximum atomic E-state index is 9.82. The van der Waals surface area contributed by atoms with Gasteiger partial charge in [-0.15, -0.1) is 0 Å². The second-order valence-electron chi connectivity index (χ2n) is 1.68. The van der Waals surface area contributed by atoms with Gasteiger partial charge in [0, 0.05) is 21.7 Å². The van der Waals surface area contributed by atoms with Gasteiger partial charge in [-0.2, -0.15) is 6.42 Å². The predicted molar refractivity (Wildman–Crippen MR) is 31.5 cm³/mol. The van der Waals surface area contributed by atoms with Crippen molar-refractivity contribution >= 4 is 5.97 Å². The van der Waals surface area contributed by atoms with E-state index in [4.69, 9.17) is 5.11 Å². The Morgan fingerprint density at radius 3 is 2.56 bits per heavy atom. The average Bonchev–Trinajstić information content (AvgIpc) is 1.66. The first-order valence-corrected chi connectivity index (χ1v) is 2.83. The van der Waals surface area contributed by atoms with E-state index in [9.17, 15) is 4.79 Å². The molecular formula is C6H11O2Ti-. The first kappa shape index (κ1) is 11.8. The van der Waals surface area contributed by atoms with E-state index in [1.807, 2.05) is 6.92 Å². The molecule has 0 bridgehead atoms. The van der Waals surface area contributed by atoms with E-state index in [0.29, 0.717) is 6.42 Å². The smallest absolute Gasteiger partial charge is 0.163 e. The topological polar surface area (TPSA) is 37.3 Å². The van der Waals surface area contributed by atoms with Gasteiger partial charge in [-0.25, -0.2) is 0 Å². The van der Waals surface area contributed by atoms with Gasteiger partial charge in [0.15, 0.2) is 5.97 Å². The molecule has 0 aliphatic carbocycles. The van der Waals surface area contributed by atoms with Crippen LogP contribution in [0, 0.1) is 6.42 Å². The summed E-state index contributed by atoms with van der Waals surface area (Å²) in [5.41, 5.74) is 0. The molecule has 0 aromatic heterocycles. The van der Waals surface area contributed by atoms with Gasteiger partial charge in [0.25, 0.3) is 0 Å². The molecule has 3 heteroatoms. The van der Waals surface area contributed by atoms with Crippen molar-refractivity contribution in [2.75, 3.05) is 0 Å². The fourth-order valence-corrected chi connectivity index (χ4v) is 0.430. The molecule has 0 aromatic rings. The molecule has 0 fully saturated rings. The molecule has 0 amide bonds. The van der Waals surface area contributed by atoms with Crippen LogP contribution in [0.25, 0.3) is 0 Å². The van der Waals surface area contributed by atoms with Crippen molar-refractivity contribution in [1.29, 1.82) is 0 Å². The number of rotatable bonds is 4. The Morgan fingerprint density at radius 2 is 2.22 bits per heavy atom. The van der Waals surface area contributed by atoms with Gasteiger partial charge >= 0.3 is 0 Å². The van der Waals surface area contributed by atoms with Crippen molar-refractivity contribution in [3.05, 3.63) is 6.42 Å². The summed E-state index contributed by atoms with van der Waals surface area (Å²) >= 11 is 0. The van der Waals surface area contributed by atoms with E-state index < -0.39 is 5.97 Å². The summed E-state index contributed by atoms with van der Waals surface area (Å²) in [7, 11) is 0. The minimum absolute atomic E-state index is 0. The molecule has 0 atom stereocenters. The monoisotopic (exact) mass is 163 g/mol. The molecule has 0 heterocycles. The largest absolute Gasteiger partial charge is 0.503 e. The van der Waals surface area contributed by atoms with Gasteiger partial charge in [-0.1, -0.05) is 19.8 Å². The van der Waals surface area contributed by atoms with Gasteiger partial charge < -0.3 is 5.11 Å². The summed E-state index contributed by atoms with van der Waals surface area (Å²) in [6, 6.07) is 0. The molecule has 0 aliphatic heterocycles. The third kappa shape index (κ3) is 11.6. The Balaban J connectivity index is 0. The SMILES string of the molecule is CCCC[CH-]C(=O)O.[Ti]. The molecule has 9 heavy (non-hydrogen) atoms. The van der Waals surface area contributed by atoms with Crippen LogP contribution < -0.4 is 0 Å². The Morgan fingerprint density at radius 1 is 1.67 bits per heavy atom. The van der Waals surface area contributed by atoms with Crippen LogP contribution >= 0.6 is 0 Å². The molecule has 0 spiro atoms. The first-order chi connectivity index (χ1) is 3.77. The van der Waals surface area contributed by atoms with Crippen molar-refractivity contribution in [3.63, 3.8) is 0 Å². The number of carbonyl (C=O) groups is 1. The average molecular weight is 163 g/mol. The summed E-state index contributed by atoms with van der Waals surface area (Å²) in [6.07, 6.45) is 4.03. The molecule has 0 saturated carbocycles. The van der Waals surface area contributed by atoms with Gasteiger partial charge in [0.05, 0.1) is 0 Å². The van der Waals surface area contributed by atoms with Crippen LogP contribution in [0.2, 0.25) is 0 Å². The minimum atomic E-state index is -0.807. The molecule has 2 nitrogen and oxygen atoms in total. The zero-order valence-corrected chi connectivity index (χ0v) is 7.12. The van der Waals surface area contributed by atoms with Crippen LogP contribution in [0.1, 0.15) is 26.2 Å². The Labute approximate surface area is 70.5 Å². The molecule has 0 radical (unpaired) electrons. The summed E-state index contributed by atoms with van der Waals surface area (Å²) in [4.78, 5) is 9.82. The number of hydrogen-bond acceptors (Lipinski definition) is 1. The van der Waals surface area contributed by atoms with E-state index in [1.165, 1.54) is 6.42 Å². The van der Waals surface area contributed by atoms with Crippen LogP contribution in [0.4, 0.5) is 0 Å². The van der Waals surface area contributed by atoms with E-state index in [-0.39, 0.29) is 21.7 Å². The predicted octanol–water partition coefficient (Wildman–Crippen LogP) is 1.46. The summed E-state index contributed by atoms with van der Waals surface area (Å²) < 4.78 is 0. The Bertz CT molecular complexity index is 73.5. The zero-order valence-electron chi connectivity index (χ0n) is 5.55. The van der Waals surface area contributed by atoms with E-state index >= 15 is 0 Å². The van der Waals surface area contributed by atoms with Gasteiger partial charge in [0.2, 0.25) is 0 Å². The molecule has 0 saturated heterocycles. The molecule has 0 aromatic carbocycles. The van der Waals surface area contributed by atoms with E-state index in [1.54, 1.807) is 0 Å². The summed E-state index contributed by atoms with van der Waals surface area (Å²) in [5.74, 6) is -0.807. The van der Waals surface area contributed by atoms with Crippen molar-refractivity contribution in [3.8, 4) is 0 Å². The van der Waals surface area contributed by atoms with Crippen molar-refractivity contribution in [2.45, 2.75) is 26.2 Å². The van der Waals surface area contributed by atoms with E-state index in [2.05, 4.69) is 0 Å². The Kier molecular flexibility index (Phi) is 10.6. The van der Waals surface area contributed by atoms with E-state index in [0.717, 1.165) is 12.8 Å². The molecule has 1 N–H and O–H groups in total. The number of carboxylic acid groups (broad SMARTS) is 1. The molecule has 0 aliphatic rings. The molecule has 52 valence electrons. The van der Waals surface area contributed by atoms with Gasteiger partial charge in [-0.05, 0) is 0 Å². The van der Waals surface area contributed by atoms with Crippen LogP contribution in [-0.2, 0) is 26.5 Å². The summed E-state index contributed by atoms with van der Waals surface area (Å²) in [6.45, 7) is 2.04. The number of unbranched alkanes of at least 4 members (excludes halogenated alkanes) is 2. The zero-order chi connectivity index (χ0) is 6.41. The van der Waals surface area contributed by atoms with Crippen molar-refractivity contribution < 1.29 is 31.6 Å². The fraction of sp³-hybridized carbons (Fsp3) is 0.667. The summed E-state index contributed by atoms with van der Waals surface area (Å²) in [5, 5.41) is 8.08. The van der Waals surface area contributed by atoms with Crippen molar-refractivity contribution in [1.82, 2.24) is 0 Å². The fourth-order valence-electron chi connectivity index (χ4n) is 0.430. The quantitative estimate of drug-likeness (QED) is 0.387. The van der Waals surface area contributed by atoms with Crippen LogP contribution in [-0.4, -0.2) is 11.1 Å². The number of hydrogen-bond donors (Lipinski definition) is 1. The number of carboxylic acids is 1. The normalized spacial score (nSPS) is 7.67. The third-order valence-corrected chi connectivity index (χ3v) is 0.877. The van der Waals surface area contributed by atoms with Crippen LogP contribution in [0.3, 0.4) is 0 Å². The van der Waals surface area contributed by atoms with Crippen LogP contribution in [0.15, 0.2) is 0 Å². The molecule has 0 unspecified atom stereocenters. The number of aliphatic carboxylic acids is 1. The standard InChI is InChI=1S/C6H11O2.Ti/c1-2-3-4-5-6(7)8;/h5H,2-4H2,1H3,(H,7,8);/q-1;. The maximum Gasteiger partial charge on any atom is 0.163 e. The second-order valence-corrected chi connectivity index (χ2v) is 1.68. The third-order valence-electron chi connectivity index (χ3n) is 0.877. The Hall–Kier alpha value is 0.0543. The van der Waals surface area contributed by atoms with Gasteiger partial charge in [-0.3, -0.25) is 11.2 Å². The molecule has 0 rings (SSSR count). The molecular weight excluding hydrogens is 152 g/mol.